The van der Waals surface area contributed by atoms with E-state index in [0.717, 1.165) is 43.9 Å². The predicted octanol–water partition coefficient (Wildman–Crippen LogP) is 2.25. The van der Waals surface area contributed by atoms with E-state index in [0.29, 0.717) is 18.3 Å². The lowest BCUT2D eigenvalue weighted by molar-refractivity contribution is 0.372. The van der Waals surface area contributed by atoms with Crippen LogP contribution in [0.2, 0.25) is 0 Å². The normalized spacial score (nSPS) is 11.5. The van der Waals surface area contributed by atoms with Gasteiger partial charge in [-0.2, -0.15) is 4.98 Å². The number of aliphatic imine (C=N–C) groups is 1. The molecule has 0 atom stereocenters. The number of nitrogens with one attached hydrogen (secondary N) is 2. The Bertz CT molecular complexity index is 639. The topological polar surface area (TPSA) is 75.3 Å². The van der Waals surface area contributed by atoms with Crippen molar-refractivity contribution in [1.82, 2.24) is 20.8 Å². The smallest absolute Gasteiger partial charge is 0.226 e. The molecule has 130 valence electrons. The Morgan fingerprint density at radius 2 is 2.00 bits per heavy atom. The second-order valence-electron chi connectivity index (χ2n) is 5.40. The molecule has 2 N–H and O–H groups in total. The van der Waals surface area contributed by atoms with Crippen molar-refractivity contribution in [1.29, 1.82) is 0 Å². The van der Waals surface area contributed by atoms with Crippen molar-refractivity contribution in [2.45, 2.75) is 33.1 Å². The number of aromatic nitrogens is 2. The molecule has 0 radical (unpaired) electrons. The molecule has 2 rings (SSSR count). The number of nitrogens with zero attached hydrogens (tertiary/aromatic N) is 3. The van der Waals surface area contributed by atoms with E-state index in [9.17, 15) is 4.39 Å². The number of benzene rings is 1. The maximum absolute atomic E-state index is 12.9. The van der Waals surface area contributed by atoms with Crippen LogP contribution in [0.1, 0.15) is 30.6 Å². The van der Waals surface area contributed by atoms with Gasteiger partial charge < -0.3 is 15.2 Å². The average molecular weight is 333 g/mol. The van der Waals surface area contributed by atoms with Crippen LogP contribution in [0.15, 0.2) is 33.8 Å². The zero-order chi connectivity index (χ0) is 17.2. The molecule has 0 aliphatic rings. The second-order valence-corrected chi connectivity index (χ2v) is 5.40. The lowest BCUT2D eigenvalue weighted by Crippen LogP contribution is -2.38. The minimum Gasteiger partial charge on any atom is -0.357 e. The van der Waals surface area contributed by atoms with Crippen molar-refractivity contribution in [2.24, 2.45) is 4.99 Å². The van der Waals surface area contributed by atoms with E-state index in [2.05, 4.69) is 25.8 Å². The minimum atomic E-state index is -0.210. The summed E-state index contributed by atoms with van der Waals surface area (Å²) in [7, 11) is 0. The highest BCUT2D eigenvalue weighted by Crippen LogP contribution is 2.03. The van der Waals surface area contributed by atoms with E-state index < -0.39 is 0 Å². The summed E-state index contributed by atoms with van der Waals surface area (Å²) in [5.74, 6) is 1.88. The molecule has 0 unspecified atom stereocenters. The van der Waals surface area contributed by atoms with Gasteiger partial charge >= 0.3 is 0 Å². The first-order chi connectivity index (χ1) is 11.7. The Balaban J connectivity index is 1.72. The first-order valence-corrected chi connectivity index (χ1v) is 8.23. The molecule has 0 saturated carbocycles. The zero-order valence-corrected chi connectivity index (χ0v) is 14.2. The first kappa shape index (κ1) is 17.9. The van der Waals surface area contributed by atoms with Gasteiger partial charge in [0.2, 0.25) is 5.89 Å². The monoisotopic (exact) mass is 333 g/mol. The summed E-state index contributed by atoms with van der Waals surface area (Å²) in [4.78, 5) is 8.69. The number of aryl methyl sites for hydroxylation is 2. The Hall–Kier alpha value is -2.44. The van der Waals surface area contributed by atoms with Gasteiger partial charge in [0.25, 0.3) is 0 Å². The summed E-state index contributed by atoms with van der Waals surface area (Å²) < 4.78 is 17.9. The molecule has 0 aliphatic carbocycles. The SMILES string of the molecule is CCNC(=NCCCc1nc(C)no1)NCCc1ccc(F)cc1. The van der Waals surface area contributed by atoms with E-state index in [1.807, 2.05) is 6.92 Å². The molecule has 2 aromatic rings. The lowest BCUT2D eigenvalue weighted by atomic mass is 10.1. The van der Waals surface area contributed by atoms with Crippen LogP contribution in [0.25, 0.3) is 0 Å². The van der Waals surface area contributed by atoms with Crippen LogP contribution in [0.3, 0.4) is 0 Å². The Kier molecular flexibility index (Phi) is 7.20. The molecular formula is C17H24FN5O. The third kappa shape index (κ3) is 6.36. The highest BCUT2D eigenvalue weighted by molar-refractivity contribution is 5.79. The van der Waals surface area contributed by atoms with Gasteiger partial charge in [-0.15, -0.1) is 0 Å². The van der Waals surface area contributed by atoms with E-state index in [-0.39, 0.29) is 5.82 Å². The van der Waals surface area contributed by atoms with Crippen molar-refractivity contribution in [3.05, 3.63) is 47.4 Å². The number of hydrogen-bond acceptors (Lipinski definition) is 4. The molecule has 0 saturated heterocycles. The maximum atomic E-state index is 12.9. The van der Waals surface area contributed by atoms with Crippen LogP contribution in [-0.2, 0) is 12.8 Å². The molecule has 0 aliphatic heterocycles. The molecule has 24 heavy (non-hydrogen) atoms. The lowest BCUT2D eigenvalue weighted by Gasteiger charge is -2.11. The largest absolute Gasteiger partial charge is 0.357 e. The van der Waals surface area contributed by atoms with Crippen LogP contribution in [0.5, 0.6) is 0 Å². The van der Waals surface area contributed by atoms with Gasteiger partial charge in [-0.25, -0.2) is 4.39 Å². The van der Waals surface area contributed by atoms with Gasteiger partial charge in [-0.05, 0) is 44.4 Å². The average Bonchev–Trinajstić information content (AvgIpc) is 2.99. The number of rotatable bonds is 8. The van der Waals surface area contributed by atoms with Gasteiger partial charge in [0.15, 0.2) is 11.8 Å². The first-order valence-electron chi connectivity index (χ1n) is 8.23. The van der Waals surface area contributed by atoms with Crippen molar-refractivity contribution >= 4 is 5.96 Å². The van der Waals surface area contributed by atoms with E-state index in [4.69, 9.17) is 4.52 Å². The second kappa shape index (κ2) is 9.64. The van der Waals surface area contributed by atoms with Gasteiger partial charge in [-0.1, -0.05) is 17.3 Å². The Morgan fingerprint density at radius 1 is 1.21 bits per heavy atom. The van der Waals surface area contributed by atoms with Crippen LogP contribution in [0.4, 0.5) is 4.39 Å². The third-order valence-electron chi connectivity index (χ3n) is 3.35. The van der Waals surface area contributed by atoms with Crippen LogP contribution < -0.4 is 10.6 Å². The van der Waals surface area contributed by atoms with Crippen molar-refractivity contribution in [3.63, 3.8) is 0 Å². The number of halogens is 1. The van der Waals surface area contributed by atoms with Gasteiger partial charge in [0, 0.05) is 26.1 Å². The quantitative estimate of drug-likeness (QED) is 0.440. The summed E-state index contributed by atoms with van der Waals surface area (Å²) in [5, 5.41) is 10.3. The molecule has 0 fully saturated rings. The fraction of sp³-hybridized carbons (Fsp3) is 0.471. The van der Waals surface area contributed by atoms with E-state index in [1.54, 1.807) is 19.1 Å². The summed E-state index contributed by atoms with van der Waals surface area (Å²) in [5.41, 5.74) is 1.09. The third-order valence-corrected chi connectivity index (χ3v) is 3.35. The van der Waals surface area contributed by atoms with Crippen molar-refractivity contribution < 1.29 is 8.91 Å². The molecule has 0 amide bonds. The molecule has 1 aromatic carbocycles. The van der Waals surface area contributed by atoms with Gasteiger partial charge in [0.05, 0.1) is 0 Å². The Labute approximate surface area is 141 Å². The minimum absolute atomic E-state index is 0.210. The fourth-order valence-electron chi connectivity index (χ4n) is 2.18. The summed E-state index contributed by atoms with van der Waals surface area (Å²) in [6.07, 6.45) is 2.38. The number of hydrogen-bond donors (Lipinski definition) is 2. The summed E-state index contributed by atoms with van der Waals surface area (Å²) >= 11 is 0. The van der Waals surface area contributed by atoms with Crippen LogP contribution in [-0.4, -0.2) is 35.7 Å². The van der Waals surface area contributed by atoms with Crippen LogP contribution in [0, 0.1) is 12.7 Å². The molecule has 7 heteroatoms. The molecular weight excluding hydrogens is 309 g/mol. The Morgan fingerprint density at radius 3 is 2.67 bits per heavy atom. The molecule has 0 bridgehead atoms. The fourth-order valence-corrected chi connectivity index (χ4v) is 2.18. The van der Waals surface area contributed by atoms with Crippen molar-refractivity contribution in [3.8, 4) is 0 Å². The molecule has 0 spiro atoms. The zero-order valence-electron chi connectivity index (χ0n) is 14.2. The standard InChI is InChI=1S/C17H24FN5O/c1-3-19-17(20-11-4-5-16-22-13(2)23-24-16)21-12-10-14-6-8-15(18)9-7-14/h6-9H,3-5,10-12H2,1-2H3,(H2,19,20,21). The molecule has 1 heterocycles. The van der Waals surface area contributed by atoms with Crippen molar-refractivity contribution in [2.75, 3.05) is 19.6 Å². The number of guanidine groups is 1. The van der Waals surface area contributed by atoms with Gasteiger partial charge in [-0.3, -0.25) is 4.99 Å². The summed E-state index contributed by atoms with van der Waals surface area (Å²) in [6, 6.07) is 6.56. The molecule has 6 nitrogen and oxygen atoms in total. The highest BCUT2D eigenvalue weighted by atomic mass is 19.1. The highest BCUT2D eigenvalue weighted by Gasteiger charge is 2.02. The summed E-state index contributed by atoms with van der Waals surface area (Å²) in [6.45, 7) is 6.04. The van der Waals surface area contributed by atoms with Gasteiger partial charge in [0.1, 0.15) is 5.82 Å². The van der Waals surface area contributed by atoms with E-state index in [1.165, 1.54) is 12.1 Å². The van der Waals surface area contributed by atoms with E-state index >= 15 is 0 Å². The predicted molar refractivity (Wildman–Crippen MR) is 91.4 cm³/mol. The maximum Gasteiger partial charge on any atom is 0.226 e. The molecule has 1 aromatic heterocycles. The van der Waals surface area contributed by atoms with Crippen LogP contribution >= 0.6 is 0 Å².